The minimum absolute atomic E-state index is 0.171. The van der Waals surface area contributed by atoms with E-state index in [0.717, 1.165) is 22.3 Å². The SMILES string of the molecule is COc1cccnc1C(N)Cc1cccc(Br)c1. The number of ether oxygens (including phenoxy) is 1. The molecule has 3 nitrogen and oxygen atoms in total. The van der Waals surface area contributed by atoms with E-state index in [0.29, 0.717) is 0 Å². The molecule has 0 saturated heterocycles. The Balaban J connectivity index is 2.19. The van der Waals surface area contributed by atoms with E-state index in [9.17, 15) is 0 Å². The Morgan fingerprint density at radius 1 is 1.33 bits per heavy atom. The number of aromatic nitrogens is 1. The fourth-order valence-electron chi connectivity index (χ4n) is 1.87. The van der Waals surface area contributed by atoms with Gasteiger partial charge in [0.15, 0.2) is 0 Å². The summed E-state index contributed by atoms with van der Waals surface area (Å²) < 4.78 is 6.33. The minimum atomic E-state index is -0.171. The smallest absolute Gasteiger partial charge is 0.141 e. The molecule has 1 atom stereocenters. The van der Waals surface area contributed by atoms with Crippen LogP contribution in [0.2, 0.25) is 0 Å². The summed E-state index contributed by atoms with van der Waals surface area (Å²) in [6, 6.07) is 11.7. The first kappa shape index (κ1) is 13.1. The number of halogens is 1. The highest BCUT2D eigenvalue weighted by atomic mass is 79.9. The molecule has 1 unspecified atom stereocenters. The third kappa shape index (κ3) is 3.09. The van der Waals surface area contributed by atoms with Crippen molar-refractivity contribution in [3.8, 4) is 5.75 Å². The van der Waals surface area contributed by atoms with Gasteiger partial charge in [-0.05, 0) is 36.2 Å². The first-order valence-corrected chi connectivity index (χ1v) is 6.49. The maximum absolute atomic E-state index is 6.20. The van der Waals surface area contributed by atoms with Gasteiger partial charge >= 0.3 is 0 Å². The van der Waals surface area contributed by atoms with E-state index in [2.05, 4.69) is 33.0 Å². The van der Waals surface area contributed by atoms with Gasteiger partial charge in [-0.2, -0.15) is 0 Å². The van der Waals surface area contributed by atoms with Gasteiger partial charge in [-0.25, -0.2) is 0 Å². The van der Waals surface area contributed by atoms with E-state index in [1.807, 2.05) is 24.3 Å². The van der Waals surface area contributed by atoms with E-state index < -0.39 is 0 Å². The summed E-state index contributed by atoms with van der Waals surface area (Å²) in [4.78, 5) is 4.31. The number of pyridine rings is 1. The van der Waals surface area contributed by atoms with Gasteiger partial charge in [0.1, 0.15) is 5.75 Å². The first-order valence-electron chi connectivity index (χ1n) is 5.69. The van der Waals surface area contributed by atoms with Crippen LogP contribution in [0.5, 0.6) is 5.75 Å². The molecule has 1 heterocycles. The zero-order chi connectivity index (χ0) is 13.0. The Morgan fingerprint density at radius 2 is 2.17 bits per heavy atom. The van der Waals surface area contributed by atoms with Crippen LogP contribution in [-0.4, -0.2) is 12.1 Å². The first-order chi connectivity index (χ1) is 8.70. The lowest BCUT2D eigenvalue weighted by molar-refractivity contribution is 0.401. The number of nitrogens with two attached hydrogens (primary N) is 1. The molecule has 0 fully saturated rings. The second-order valence-electron chi connectivity index (χ2n) is 4.03. The van der Waals surface area contributed by atoms with Crippen molar-refractivity contribution in [3.63, 3.8) is 0 Å². The molecule has 1 aromatic carbocycles. The average molecular weight is 307 g/mol. The quantitative estimate of drug-likeness (QED) is 0.944. The van der Waals surface area contributed by atoms with E-state index in [1.54, 1.807) is 13.3 Å². The van der Waals surface area contributed by atoms with Crippen LogP contribution in [-0.2, 0) is 6.42 Å². The van der Waals surface area contributed by atoms with Crippen LogP contribution < -0.4 is 10.5 Å². The van der Waals surface area contributed by atoms with Crippen LogP contribution >= 0.6 is 15.9 Å². The molecule has 1 aromatic heterocycles. The molecule has 0 spiro atoms. The van der Waals surface area contributed by atoms with Gasteiger partial charge in [0.05, 0.1) is 18.8 Å². The number of nitrogens with zero attached hydrogens (tertiary/aromatic N) is 1. The molecule has 2 N–H and O–H groups in total. The van der Waals surface area contributed by atoms with Crippen molar-refractivity contribution < 1.29 is 4.74 Å². The number of hydrogen-bond acceptors (Lipinski definition) is 3. The number of benzene rings is 1. The van der Waals surface area contributed by atoms with Gasteiger partial charge in [0, 0.05) is 10.7 Å². The molecule has 0 amide bonds. The largest absolute Gasteiger partial charge is 0.495 e. The Kier molecular flexibility index (Phi) is 4.33. The molecular formula is C14H15BrN2O. The van der Waals surface area contributed by atoms with Gasteiger partial charge in [-0.15, -0.1) is 0 Å². The van der Waals surface area contributed by atoms with Gasteiger partial charge < -0.3 is 10.5 Å². The zero-order valence-electron chi connectivity index (χ0n) is 10.1. The molecule has 2 rings (SSSR count). The van der Waals surface area contributed by atoms with Crippen molar-refractivity contribution in [1.29, 1.82) is 0 Å². The van der Waals surface area contributed by atoms with E-state index in [4.69, 9.17) is 10.5 Å². The van der Waals surface area contributed by atoms with Crippen molar-refractivity contribution in [2.24, 2.45) is 5.73 Å². The highest BCUT2D eigenvalue weighted by Gasteiger charge is 2.13. The highest BCUT2D eigenvalue weighted by molar-refractivity contribution is 9.10. The molecule has 0 aliphatic heterocycles. The van der Waals surface area contributed by atoms with Crippen LogP contribution in [0, 0.1) is 0 Å². The second kappa shape index (κ2) is 5.98. The Labute approximate surface area is 115 Å². The van der Waals surface area contributed by atoms with Crippen LogP contribution in [0.4, 0.5) is 0 Å². The summed E-state index contributed by atoms with van der Waals surface area (Å²) in [6.07, 6.45) is 2.46. The van der Waals surface area contributed by atoms with Gasteiger partial charge in [-0.1, -0.05) is 28.1 Å². The molecular weight excluding hydrogens is 292 g/mol. The Morgan fingerprint density at radius 3 is 2.89 bits per heavy atom. The van der Waals surface area contributed by atoms with E-state index in [-0.39, 0.29) is 6.04 Å². The van der Waals surface area contributed by atoms with Crippen molar-refractivity contribution in [2.75, 3.05) is 7.11 Å². The number of methoxy groups -OCH3 is 1. The van der Waals surface area contributed by atoms with Gasteiger partial charge in [0.2, 0.25) is 0 Å². The van der Waals surface area contributed by atoms with Gasteiger partial charge in [0.25, 0.3) is 0 Å². The maximum Gasteiger partial charge on any atom is 0.141 e. The van der Waals surface area contributed by atoms with Crippen molar-refractivity contribution >= 4 is 15.9 Å². The summed E-state index contributed by atoms with van der Waals surface area (Å²) in [5, 5.41) is 0. The minimum Gasteiger partial charge on any atom is -0.495 e. The molecule has 0 bridgehead atoms. The monoisotopic (exact) mass is 306 g/mol. The fourth-order valence-corrected chi connectivity index (χ4v) is 2.32. The van der Waals surface area contributed by atoms with Crippen LogP contribution in [0.3, 0.4) is 0 Å². The van der Waals surface area contributed by atoms with Crippen molar-refractivity contribution in [1.82, 2.24) is 4.98 Å². The lowest BCUT2D eigenvalue weighted by atomic mass is 10.0. The molecule has 0 aliphatic carbocycles. The highest BCUT2D eigenvalue weighted by Crippen LogP contribution is 2.24. The predicted octanol–water partition coefficient (Wildman–Crippen LogP) is 3.10. The zero-order valence-corrected chi connectivity index (χ0v) is 11.7. The van der Waals surface area contributed by atoms with Gasteiger partial charge in [-0.3, -0.25) is 4.98 Å². The molecule has 0 radical (unpaired) electrons. The lowest BCUT2D eigenvalue weighted by Crippen LogP contribution is -2.16. The molecule has 0 saturated carbocycles. The summed E-state index contributed by atoms with van der Waals surface area (Å²) in [5.74, 6) is 0.736. The standard InChI is InChI=1S/C14H15BrN2O/c1-18-13-6-3-7-17-14(13)12(16)9-10-4-2-5-11(15)8-10/h2-8,12H,9,16H2,1H3. The van der Waals surface area contributed by atoms with Crippen molar-refractivity contribution in [3.05, 3.63) is 58.3 Å². The summed E-state index contributed by atoms with van der Waals surface area (Å²) >= 11 is 3.46. The topological polar surface area (TPSA) is 48.1 Å². The molecule has 94 valence electrons. The summed E-state index contributed by atoms with van der Waals surface area (Å²) in [5.41, 5.74) is 8.16. The van der Waals surface area contributed by atoms with E-state index in [1.165, 1.54) is 5.56 Å². The number of hydrogen-bond donors (Lipinski definition) is 1. The van der Waals surface area contributed by atoms with Crippen molar-refractivity contribution in [2.45, 2.75) is 12.5 Å². The molecule has 4 heteroatoms. The van der Waals surface area contributed by atoms with E-state index >= 15 is 0 Å². The molecule has 2 aromatic rings. The predicted molar refractivity (Wildman–Crippen MR) is 75.6 cm³/mol. The van der Waals surface area contributed by atoms with Crippen LogP contribution in [0.25, 0.3) is 0 Å². The third-order valence-electron chi connectivity index (χ3n) is 2.72. The maximum atomic E-state index is 6.20. The Hall–Kier alpha value is -1.39. The number of rotatable bonds is 4. The fraction of sp³-hybridized carbons (Fsp3) is 0.214. The Bertz CT molecular complexity index is 531. The van der Waals surface area contributed by atoms with Crippen LogP contribution in [0.1, 0.15) is 17.3 Å². The second-order valence-corrected chi connectivity index (χ2v) is 4.95. The van der Waals surface area contributed by atoms with Crippen LogP contribution in [0.15, 0.2) is 47.1 Å². The summed E-state index contributed by atoms with van der Waals surface area (Å²) in [6.45, 7) is 0. The average Bonchev–Trinajstić information content (AvgIpc) is 2.38. The summed E-state index contributed by atoms with van der Waals surface area (Å²) in [7, 11) is 1.63. The molecule has 18 heavy (non-hydrogen) atoms. The normalized spacial score (nSPS) is 12.2. The lowest BCUT2D eigenvalue weighted by Gasteiger charge is -2.14. The molecule has 0 aliphatic rings. The third-order valence-corrected chi connectivity index (χ3v) is 3.21.